The first kappa shape index (κ1) is 17.2. The molecular formula is C12H19N3O5S. The maximum absolute atomic E-state index is 12.1. The molecule has 0 spiro atoms. The number of nitrogens with two attached hydrogens (primary N) is 1. The summed E-state index contributed by atoms with van der Waals surface area (Å²) in [5.41, 5.74) is 4.16. The molecule has 8 nitrogen and oxygen atoms in total. The molecule has 1 heterocycles. The molecule has 0 saturated heterocycles. The first-order valence-corrected chi connectivity index (χ1v) is 7.65. The lowest BCUT2D eigenvalue weighted by Crippen LogP contribution is -2.31. The number of carbonyl (C=O) groups is 2. The van der Waals surface area contributed by atoms with Crippen molar-refractivity contribution in [2.75, 3.05) is 6.54 Å². The van der Waals surface area contributed by atoms with E-state index in [1.54, 1.807) is 0 Å². The van der Waals surface area contributed by atoms with E-state index in [1.165, 1.54) is 37.7 Å². The number of aromatic nitrogens is 1. The highest BCUT2D eigenvalue weighted by Gasteiger charge is 2.27. The summed E-state index contributed by atoms with van der Waals surface area (Å²) < 4.78 is 27.7. The lowest BCUT2D eigenvalue weighted by Gasteiger charge is -2.18. The molecule has 0 aliphatic heterocycles. The topological polar surface area (TPSA) is 131 Å². The van der Waals surface area contributed by atoms with Crippen LogP contribution in [-0.4, -0.2) is 36.5 Å². The molecule has 4 N–H and O–H groups in total. The second-order valence-electron chi connectivity index (χ2n) is 5.37. The number of nitrogens with one attached hydrogen (secondary N) is 1. The van der Waals surface area contributed by atoms with Crippen LogP contribution in [-0.2, 0) is 21.9 Å². The quantitative estimate of drug-likeness (QED) is 0.646. The van der Waals surface area contributed by atoms with Gasteiger partial charge < -0.3 is 15.4 Å². The lowest BCUT2D eigenvalue weighted by atomic mass is 9.90. The Morgan fingerprint density at radius 3 is 2.43 bits per heavy atom. The molecule has 1 aromatic heterocycles. The van der Waals surface area contributed by atoms with Gasteiger partial charge in [0.25, 0.3) is 5.91 Å². The van der Waals surface area contributed by atoms with E-state index >= 15 is 0 Å². The van der Waals surface area contributed by atoms with E-state index in [0.717, 1.165) is 0 Å². The molecule has 0 bridgehead atoms. The number of carbonyl (C=O) groups excluding carboxylic acids is 1. The number of nitrogens with zero attached hydrogens (tertiary/aromatic N) is 1. The van der Waals surface area contributed by atoms with Crippen molar-refractivity contribution in [1.29, 1.82) is 0 Å². The molecule has 0 atom stereocenters. The van der Waals surface area contributed by atoms with Crippen LogP contribution in [0.3, 0.4) is 0 Å². The second kappa shape index (κ2) is 5.86. The molecule has 0 aliphatic carbocycles. The Morgan fingerprint density at radius 2 is 2.00 bits per heavy atom. The zero-order valence-corrected chi connectivity index (χ0v) is 12.9. The zero-order chi connectivity index (χ0) is 16.4. The van der Waals surface area contributed by atoms with Crippen LogP contribution in [0, 0.1) is 5.41 Å². The number of aryl methyl sites for hydroxylation is 1. The van der Waals surface area contributed by atoms with Gasteiger partial charge in [0.15, 0.2) is 0 Å². The standard InChI is InChI=1S/C12H19N3O5S/c1-12(2,11(17)18)4-5-14-21(19,20)8-6-9(10(13)16)15(3)7-8/h6-7,14H,4-5H2,1-3H3,(H2,13,16)(H,17,18). The number of carboxylic acid groups (broad SMARTS) is 1. The Kier molecular flexibility index (Phi) is 4.79. The van der Waals surface area contributed by atoms with Gasteiger partial charge in [-0.05, 0) is 26.3 Å². The number of aliphatic carboxylic acids is 1. The Labute approximate surface area is 123 Å². The van der Waals surface area contributed by atoms with Crippen LogP contribution in [0.25, 0.3) is 0 Å². The fourth-order valence-electron chi connectivity index (χ4n) is 1.61. The summed E-state index contributed by atoms with van der Waals surface area (Å²) >= 11 is 0. The number of amides is 1. The van der Waals surface area contributed by atoms with E-state index in [4.69, 9.17) is 10.8 Å². The lowest BCUT2D eigenvalue weighted by molar-refractivity contribution is -0.147. The van der Waals surface area contributed by atoms with Crippen molar-refractivity contribution in [2.45, 2.75) is 25.2 Å². The number of carboxylic acids is 1. The minimum absolute atomic E-state index is 0.0254. The molecule has 0 aliphatic rings. The summed E-state index contributed by atoms with van der Waals surface area (Å²) in [6, 6.07) is 1.17. The van der Waals surface area contributed by atoms with Gasteiger partial charge in [0.2, 0.25) is 10.0 Å². The maximum Gasteiger partial charge on any atom is 0.309 e. The van der Waals surface area contributed by atoms with Crippen molar-refractivity contribution in [3.05, 3.63) is 18.0 Å². The van der Waals surface area contributed by atoms with Crippen LogP contribution in [0.2, 0.25) is 0 Å². The van der Waals surface area contributed by atoms with Gasteiger partial charge in [-0.3, -0.25) is 9.59 Å². The van der Waals surface area contributed by atoms with Crippen LogP contribution >= 0.6 is 0 Å². The maximum atomic E-state index is 12.1. The predicted octanol–water partition coefficient (Wildman–Crippen LogP) is -0.0968. The van der Waals surface area contributed by atoms with Crippen LogP contribution < -0.4 is 10.5 Å². The fourth-order valence-corrected chi connectivity index (χ4v) is 2.72. The number of hydrogen-bond donors (Lipinski definition) is 3. The SMILES string of the molecule is Cn1cc(S(=O)(=O)NCCC(C)(C)C(=O)O)cc1C(N)=O. The summed E-state index contributed by atoms with van der Waals surface area (Å²) in [6.45, 7) is 3.00. The number of primary amides is 1. The van der Waals surface area contributed by atoms with Gasteiger partial charge in [-0.2, -0.15) is 0 Å². The fraction of sp³-hybridized carbons (Fsp3) is 0.500. The van der Waals surface area contributed by atoms with Gasteiger partial charge >= 0.3 is 5.97 Å². The summed E-state index contributed by atoms with van der Waals surface area (Å²) in [6.07, 6.45) is 1.40. The molecule has 118 valence electrons. The molecule has 0 fully saturated rings. The highest BCUT2D eigenvalue weighted by Crippen LogP contribution is 2.20. The van der Waals surface area contributed by atoms with E-state index in [2.05, 4.69) is 4.72 Å². The van der Waals surface area contributed by atoms with Crippen molar-refractivity contribution in [1.82, 2.24) is 9.29 Å². The third kappa shape index (κ3) is 4.05. The smallest absolute Gasteiger partial charge is 0.309 e. The zero-order valence-electron chi connectivity index (χ0n) is 12.1. The minimum Gasteiger partial charge on any atom is -0.481 e. The molecule has 1 aromatic rings. The third-order valence-electron chi connectivity index (χ3n) is 3.16. The molecule has 21 heavy (non-hydrogen) atoms. The molecule has 1 rings (SSSR count). The molecule has 0 radical (unpaired) electrons. The van der Waals surface area contributed by atoms with Crippen LogP contribution in [0.15, 0.2) is 17.2 Å². The van der Waals surface area contributed by atoms with Crippen LogP contribution in [0.1, 0.15) is 30.8 Å². The van der Waals surface area contributed by atoms with E-state index in [0.29, 0.717) is 0 Å². The van der Waals surface area contributed by atoms with E-state index in [9.17, 15) is 18.0 Å². The van der Waals surface area contributed by atoms with Crippen LogP contribution in [0.5, 0.6) is 0 Å². The average Bonchev–Trinajstić information content (AvgIpc) is 2.71. The normalized spacial score (nSPS) is 12.3. The third-order valence-corrected chi connectivity index (χ3v) is 4.59. The summed E-state index contributed by atoms with van der Waals surface area (Å²) in [5, 5.41) is 8.96. The van der Waals surface area contributed by atoms with Gasteiger partial charge in [-0.15, -0.1) is 0 Å². The molecule has 0 saturated carbocycles. The first-order chi connectivity index (χ1) is 9.47. The van der Waals surface area contributed by atoms with Gasteiger partial charge in [0.1, 0.15) is 10.6 Å². The molecular weight excluding hydrogens is 298 g/mol. The Bertz CT molecular complexity index is 660. The van der Waals surface area contributed by atoms with Crippen molar-refractivity contribution in [3.63, 3.8) is 0 Å². The number of hydrogen-bond acceptors (Lipinski definition) is 4. The highest BCUT2D eigenvalue weighted by molar-refractivity contribution is 7.89. The van der Waals surface area contributed by atoms with Crippen molar-refractivity contribution in [3.8, 4) is 0 Å². The van der Waals surface area contributed by atoms with Crippen molar-refractivity contribution in [2.24, 2.45) is 18.2 Å². The van der Waals surface area contributed by atoms with E-state index in [1.807, 2.05) is 0 Å². The largest absolute Gasteiger partial charge is 0.481 e. The van der Waals surface area contributed by atoms with Gasteiger partial charge in [0.05, 0.1) is 5.41 Å². The average molecular weight is 317 g/mol. The molecule has 0 aromatic carbocycles. The Hall–Kier alpha value is -1.87. The molecule has 1 amide bonds. The molecule has 9 heteroatoms. The van der Waals surface area contributed by atoms with Gasteiger partial charge in [0, 0.05) is 19.8 Å². The van der Waals surface area contributed by atoms with Crippen molar-refractivity contribution >= 4 is 21.9 Å². The van der Waals surface area contributed by atoms with E-state index < -0.39 is 27.3 Å². The van der Waals surface area contributed by atoms with Gasteiger partial charge in [-0.1, -0.05) is 0 Å². The Balaban J connectivity index is 2.81. The predicted molar refractivity (Wildman–Crippen MR) is 75.2 cm³/mol. The molecule has 0 unspecified atom stereocenters. The monoisotopic (exact) mass is 317 g/mol. The summed E-state index contributed by atoms with van der Waals surface area (Å²) in [7, 11) is -2.31. The summed E-state index contributed by atoms with van der Waals surface area (Å²) in [4.78, 5) is 22.0. The van der Waals surface area contributed by atoms with Crippen LogP contribution in [0.4, 0.5) is 0 Å². The number of sulfonamides is 1. The van der Waals surface area contributed by atoms with Crippen molar-refractivity contribution < 1.29 is 23.1 Å². The second-order valence-corrected chi connectivity index (χ2v) is 7.14. The first-order valence-electron chi connectivity index (χ1n) is 6.16. The highest BCUT2D eigenvalue weighted by atomic mass is 32.2. The Morgan fingerprint density at radius 1 is 1.43 bits per heavy atom. The minimum atomic E-state index is -3.82. The van der Waals surface area contributed by atoms with Gasteiger partial charge in [-0.25, -0.2) is 13.1 Å². The van der Waals surface area contributed by atoms with E-state index in [-0.39, 0.29) is 23.6 Å². The summed E-state index contributed by atoms with van der Waals surface area (Å²) in [5.74, 6) is -1.73. The number of rotatable bonds is 7.